The third kappa shape index (κ3) is 3.32. The van der Waals surface area contributed by atoms with Gasteiger partial charge in [-0.2, -0.15) is 0 Å². The summed E-state index contributed by atoms with van der Waals surface area (Å²) in [7, 11) is 0. The molecule has 96 valence electrons. The Labute approximate surface area is 113 Å². The average Bonchev–Trinajstić information content (AvgIpc) is 2.46. The molecule has 0 aliphatic heterocycles. The molecule has 19 heavy (non-hydrogen) atoms. The fraction of sp³-hybridized carbons (Fsp3) is 0.118. The van der Waals surface area contributed by atoms with Crippen LogP contribution in [0.25, 0.3) is 5.76 Å². The van der Waals surface area contributed by atoms with Gasteiger partial charge in [-0.25, -0.2) is 0 Å². The molecule has 0 spiro atoms. The van der Waals surface area contributed by atoms with Gasteiger partial charge in [-0.05, 0) is 12.0 Å². The van der Waals surface area contributed by atoms with Crippen LogP contribution in [-0.2, 0) is 6.42 Å². The Bertz CT molecular complexity index is 585. The minimum Gasteiger partial charge on any atom is -0.508 e. The Kier molecular flexibility index (Phi) is 4.14. The number of aryl methyl sites for hydroxylation is 1. The van der Waals surface area contributed by atoms with E-state index in [-0.39, 0.29) is 11.5 Å². The van der Waals surface area contributed by atoms with Crippen molar-refractivity contribution in [1.82, 2.24) is 0 Å². The fourth-order valence-corrected chi connectivity index (χ4v) is 2.04. The highest BCUT2D eigenvalue weighted by molar-refractivity contribution is 5.96. The molecule has 0 saturated heterocycles. The molecule has 0 saturated carbocycles. The number of ketones is 1. The van der Waals surface area contributed by atoms with Crippen molar-refractivity contribution in [2.24, 2.45) is 0 Å². The van der Waals surface area contributed by atoms with Gasteiger partial charge in [0.05, 0.1) is 0 Å². The third-order valence-corrected chi connectivity index (χ3v) is 3.05. The monoisotopic (exact) mass is 252 g/mol. The largest absolute Gasteiger partial charge is 0.508 e. The quantitative estimate of drug-likeness (QED) is 0.644. The van der Waals surface area contributed by atoms with E-state index in [2.05, 4.69) is 6.58 Å². The summed E-state index contributed by atoms with van der Waals surface area (Å²) in [5.74, 6) is 0.154. The van der Waals surface area contributed by atoms with Crippen LogP contribution in [0.5, 0.6) is 0 Å². The molecule has 1 N–H and O–H groups in total. The van der Waals surface area contributed by atoms with Gasteiger partial charge in [0.15, 0.2) is 5.78 Å². The smallest absolute Gasteiger partial charge is 0.163 e. The molecule has 2 nitrogen and oxygen atoms in total. The lowest BCUT2D eigenvalue weighted by molar-refractivity contribution is 0.0983. The number of hydrogen-bond acceptors (Lipinski definition) is 2. The Hall–Kier alpha value is -2.35. The maximum absolute atomic E-state index is 12.0. The number of carbonyl (C=O) groups is 1. The van der Waals surface area contributed by atoms with Gasteiger partial charge in [-0.3, -0.25) is 4.79 Å². The van der Waals surface area contributed by atoms with Crippen LogP contribution in [-0.4, -0.2) is 10.9 Å². The van der Waals surface area contributed by atoms with Crippen LogP contribution in [0, 0.1) is 0 Å². The van der Waals surface area contributed by atoms with Crippen molar-refractivity contribution >= 4 is 11.5 Å². The maximum Gasteiger partial charge on any atom is 0.163 e. The molecule has 2 aromatic rings. The van der Waals surface area contributed by atoms with Gasteiger partial charge in [-0.1, -0.05) is 61.2 Å². The fourth-order valence-electron chi connectivity index (χ4n) is 2.04. The van der Waals surface area contributed by atoms with Gasteiger partial charge in [0.1, 0.15) is 5.76 Å². The lowest BCUT2D eigenvalue weighted by atomic mass is 9.98. The number of carbonyl (C=O) groups excluding carboxylic acids is 1. The second-order valence-electron chi connectivity index (χ2n) is 4.39. The number of aliphatic hydroxyl groups is 1. The first-order valence-corrected chi connectivity index (χ1v) is 6.23. The molecule has 0 aromatic heterocycles. The van der Waals surface area contributed by atoms with Crippen LogP contribution in [0.2, 0.25) is 0 Å². The summed E-state index contributed by atoms with van der Waals surface area (Å²) in [4.78, 5) is 12.0. The van der Waals surface area contributed by atoms with E-state index in [4.69, 9.17) is 0 Å². The summed E-state index contributed by atoms with van der Waals surface area (Å²) >= 11 is 0. The van der Waals surface area contributed by atoms with E-state index in [1.54, 1.807) is 0 Å². The topological polar surface area (TPSA) is 37.3 Å². The lowest BCUT2D eigenvalue weighted by Crippen LogP contribution is -2.02. The van der Waals surface area contributed by atoms with Crippen molar-refractivity contribution < 1.29 is 9.90 Å². The molecule has 0 amide bonds. The van der Waals surface area contributed by atoms with Gasteiger partial charge >= 0.3 is 0 Å². The zero-order valence-electron chi connectivity index (χ0n) is 10.7. The Morgan fingerprint density at radius 3 is 2.32 bits per heavy atom. The first-order chi connectivity index (χ1) is 9.18. The van der Waals surface area contributed by atoms with Crippen molar-refractivity contribution in [2.75, 3.05) is 0 Å². The lowest BCUT2D eigenvalue weighted by Gasteiger charge is -2.07. The van der Waals surface area contributed by atoms with Crippen molar-refractivity contribution in [1.29, 1.82) is 0 Å². The molecule has 2 aromatic carbocycles. The van der Waals surface area contributed by atoms with E-state index < -0.39 is 0 Å². The molecule has 2 heteroatoms. The predicted molar refractivity (Wildman–Crippen MR) is 77.2 cm³/mol. The Balaban J connectivity index is 2.07. The second-order valence-corrected chi connectivity index (χ2v) is 4.39. The number of aliphatic hydroxyl groups excluding tert-OH is 1. The molecule has 0 bridgehead atoms. The van der Waals surface area contributed by atoms with Gasteiger partial charge in [-0.15, -0.1) is 0 Å². The highest BCUT2D eigenvalue weighted by atomic mass is 16.3. The molecular weight excluding hydrogens is 236 g/mol. The van der Waals surface area contributed by atoms with Gasteiger partial charge in [0.2, 0.25) is 0 Å². The highest BCUT2D eigenvalue weighted by Gasteiger charge is 2.08. The highest BCUT2D eigenvalue weighted by Crippen LogP contribution is 2.18. The molecule has 0 unspecified atom stereocenters. The van der Waals surface area contributed by atoms with E-state index in [9.17, 15) is 9.90 Å². The van der Waals surface area contributed by atoms with Crippen molar-refractivity contribution in [3.63, 3.8) is 0 Å². The second kappa shape index (κ2) is 6.01. The van der Waals surface area contributed by atoms with Crippen LogP contribution in [0.15, 0.2) is 61.2 Å². The van der Waals surface area contributed by atoms with Gasteiger partial charge in [0, 0.05) is 17.5 Å². The molecular formula is C17H16O2. The van der Waals surface area contributed by atoms with Gasteiger partial charge in [0.25, 0.3) is 0 Å². The van der Waals surface area contributed by atoms with Crippen LogP contribution >= 0.6 is 0 Å². The minimum atomic E-state index is 0.0442. The summed E-state index contributed by atoms with van der Waals surface area (Å²) in [6.07, 6.45) is 1.03. The molecule has 2 rings (SSSR count). The van der Waals surface area contributed by atoms with Crippen molar-refractivity contribution in [3.05, 3.63) is 77.9 Å². The summed E-state index contributed by atoms with van der Waals surface area (Å²) in [5.41, 5.74) is 2.38. The molecule has 0 aliphatic carbocycles. The standard InChI is InChI=1S/C17H16O2/c1-13(18)16-10-6-5-7-14(16)11-12-17(19)15-8-3-2-4-9-15/h2-10,18H,1,11-12H2. The summed E-state index contributed by atoms with van der Waals surface area (Å²) in [6.45, 7) is 3.54. The number of rotatable bonds is 5. The maximum atomic E-state index is 12.0. The number of Topliss-reactive ketones (excluding diaryl/α,β-unsaturated/α-hetero) is 1. The average molecular weight is 252 g/mol. The normalized spacial score (nSPS) is 10.1. The van der Waals surface area contributed by atoms with E-state index in [1.807, 2.05) is 54.6 Å². The summed E-state index contributed by atoms with van der Waals surface area (Å²) < 4.78 is 0. The first kappa shape index (κ1) is 13.1. The summed E-state index contributed by atoms with van der Waals surface area (Å²) in [6, 6.07) is 16.7. The van der Waals surface area contributed by atoms with Gasteiger partial charge < -0.3 is 5.11 Å². The van der Waals surface area contributed by atoms with E-state index in [0.29, 0.717) is 18.4 Å². The molecule has 0 radical (unpaired) electrons. The van der Waals surface area contributed by atoms with E-state index in [1.165, 1.54) is 0 Å². The Morgan fingerprint density at radius 1 is 1.00 bits per heavy atom. The third-order valence-electron chi connectivity index (χ3n) is 3.05. The van der Waals surface area contributed by atoms with Crippen molar-refractivity contribution in [2.45, 2.75) is 12.8 Å². The predicted octanol–water partition coefficient (Wildman–Crippen LogP) is 4.03. The molecule has 0 heterocycles. The summed E-state index contributed by atoms with van der Waals surface area (Å²) in [5, 5.41) is 9.51. The van der Waals surface area contributed by atoms with Crippen molar-refractivity contribution in [3.8, 4) is 0 Å². The minimum absolute atomic E-state index is 0.0442. The SMILES string of the molecule is C=C(O)c1ccccc1CCC(=O)c1ccccc1. The van der Waals surface area contributed by atoms with Crippen LogP contribution in [0.1, 0.15) is 27.9 Å². The molecule has 0 atom stereocenters. The molecule has 0 fully saturated rings. The van der Waals surface area contributed by atoms with E-state index >= 15 is 0 Å². The van der Waals surface area contributed by atoms with Crippen LogP contribution in [0.3, 0.4) is 0 Å². The van der Waals surface area contributed by atoms with Crippen LogP contribution < -0.4 is 0 Å². The number of benzene rings is 2. The zero-order valence-corrected chi connectivity index (χ0v) is 10.7. The van der Waals surface area contributed by atoms with E-state index in [0.717, 1.165) is 11.1 Å². The first-order valence-electron chi connectivity index (χ1n) is 6.23. The molecule has 0 aliphatic rings. The van der Waals surface area contributed by atoms with Crippen LogP contribution in [0.4, 0.5) is 0 Å². The zero-order chi connectivity index (χ0) is 13.7. The number of hydrogen-bond donors (Lipinski definition) is 1. The Morgan fingerprint density at radius 2 is 1.63 bits per heavy atom.